The minimum Gasteiger partial charge on any atom is -0.398 e. The molecule has 2 N–H and O–H groups in total. The largest absolute Gasteiger partial charge is 0.398 e. The van der Waals surface area contributed by atoms with E-state index in [1.54, 1.807) is 6.07 Å². The third-order valence-corrected chi connectivity index (χ3v) is 3.14. The lowest BCUT2D eigenvalue weighted by Crippen LogP contribution is -2.33. The van der Waals surface area contributed by atoms with Gasteiger partial charge in [-0.2, -0.15) is 4.99 Å². The summed E-state index contributed by atoms with van der Waals surface area (Å²) in [6.45, 7) is 0. The van der Waals surface area contributed by atoms with Gasteiger partial charge in [0, 0.05) is 18.5 Å². The number of benzene rings is 1. The van der Waals surface area contributed by atoms with Gasteiger partial charge in [-0.25, -0.2) is 0 Å². The first-order chi connectivity index (χ1) is 9.58. The van der Waals surface area contributed by atoms with Crippen molar-refractivity contribution in [3.05, 3.63) is 29.3 Å². The number of nitrogen functional groups attached to an aromatic ring is 1. The van der Waals surface area contributed by atoms with Gasteiger partial charge in [0.15, 0.2) is 0 Å². The van der Waals surface area contributed by atoms with Crippen molar-refractivity contribution in [2.24, 2.45) is 4.99 Å². The molecule has 1 aromatic rings. The molecule has 0 spiro atoms. The fourth-order valence-corrected chi connectivity index (χ4v) is 2.19. The predicted octanol–water partition coefficient (Wildman–Crippen LogP) is 0.905. The SMILES string of the molecule is Nc1cccc2c1C(=O)N(OC1=NC(=O)CCC1)C2=O. The van der Waals surface area contributed by atoms with E-state index in [0.717, 1.165) is 0 Å². The second-order valence-corrected chi connectivity index (χ2v) is 4.52. The molecule has 7 nitrogen and oxygen atoms in total. The zero-order valence-electron chi connectivity index (χ0n) is 10.5. The Bertz CT molecular complexity index is 666. The Morgan fingerprint density at radius 2 is 1.95 bits per heavy atom. The topological polar surface area (TPSA) is 102 Å². The van der Waals surface area contributed by atoms with Gasteiger partial charge in [-0.1, -0.05) is 11.1 Å². The van der Waals surface area contributed by atoms with E-state index in [1.165, 1.54) is 12.1 Å². The molecule has 3 amide bonds. The number of hydroxylamine groups is 2. The first-order valence-corrected chi connectivity index (χ1v) is 6.13. The van der Waals surface area contributed by atoms with Gasteiger partial charge < -0.3 is 10.6 Å². The van der Waals surface area contributed by atoms with Gasteiger partial charge in [0.05, 0.1) is 11.1 Å². The lowest BCUT2D eigenvalue weighted by atomic mass is 10.1. The first-order valence-electron chi connectivity index (χ1n) is 6.13. The number of hydrogen-bond acceptors (Lipinski definition) is 5. The number of fused-ring (bicyclic) bond motifs is 1. The van der Waals surface area contributed by atoms with Gasteiger partial charge in [-0.3, -0.25) is 14.4 Å². The summed E-state index contributed by atoms with van der Waals surface area (Å²) in [5.41, 5.74) is 6.24. The fraction of sp³-hybridized carbons (Fsp3) is 0.231. The number of aliphatic imine (C=N–C) groups is 1. The predicted molar refractivity (Wildman–Crippen MR) is 68.7 cm³/mol. The molecule has 0 unspecified atom stereocenters. The number of carbonyl (C=O) groups is 3. The lowest BCUT2D eigenvalue weighted by Gasteiger charge is -2.17. The van der Waals surface area contributed by atoms with E-state index in [-0.39, 0.29) is 28.6 Å². The summed E-state index contributed by atoms with van der Waals surface area (Å²) in [4.78, 5) is 44.3. The van der Waals surface area contributed by atoms with Crippen molar-refractivity contribution in [1.82, 2.24) is 5.06 Å². The van der Waals surface area contributed by atoms with Crippen molar-refractivity contribution in [3.63, 3.8) is 0 Å². The van der Waals surface area contributed by atoms with E-state index in [2.05, 4.69) is 4.99 Å². The molecule has 0 atom stereocenters. The number of imide groups is 1. The molecular weight excluding hydrogens is 262 g/mol. The molecule has 0 bridgehead atoms. The van der Waals surface area contributed by atoms with Crippen molar-refractivity contribution in [2.45, 2.75) is 19.3 Å². The number of nitrogens with two attached hydrogens (primary N) is 1. The molecule has 0 aromatic heterocycles. The van der Waals surface area contributed by atoms with Crippen LogP contribution < -0.4 is 5.73 Å². The van der Waals surface area contributed by atoms with Gasteiger partial charge in [-0.05, 0) is 18.6 Å². The number of hydrogen-bond donors (Lipinski definition) is 1. The van der Waals surface area contributed by atoms with Crippen LogP contribution in [0.15, 0.2) is 23.2 Å². The quantitative estimate of drug-likeness (QED) is 0.605. The Morgan fingerprint density at radius 3 is 2.65 bits per heavy atom. The standard InChI is InChI=1S/C13H11N3O4/c14-8-4-1-3-7-11(8)13(19)16(12(7)18)20-10-6-2-5-9(17)15-10/h1,3-4H,2,5-6,14H2. The summed E-state index contributed by atoms with van der Waals surface area (Å²) in [7, 11) is 0. The van der Waals surface area contributed by atoms with Crippen molar-refractivity contribution < 1.29 is 19.2 Å². The summed E-state index contributed by atoms with van der Waals surface area (Å²) in [6.07, 6.45) is 1.35. The van der Waals surface area contributed by atoms with Gasteiger partial charge in [0.25, 0.3) is 11.8 Å². The van der Waals surface area contributed by atoms with Crippen LogP contribution in [0.3, 0.4) is 0 Å². The molecule has 2 aliphatic rings. The molecule has 3 rings (SSSR count). The Morgan fingerprint density at radius 1 is 1.15 bits per heavy atom. The number of amides is 3. The highest BCUT2D eigenvalue weighted by molar-refractivity contribution is 6.23. The number of carbonyl (C=O) groups excluding carboxylic acids is 3. The Labute approximate surface area is 114 Å². The van der Waals surface area contributed by atoms with E-state index >= 15 is 0 Å². The highest BCUT2D eigenvalue weighted by Gasteiger charge is 2.40. The minimum atomic E-state index is -0.635. The monoisotopic (exact) mass is 273 g/mol. The average Bonchev–Trinajstić information content (AvgIpc) is 2.65. The summed E-state index contributed by atoms with van der Waals surface area (Å²) >= 11 is 0. The van der Waals surface area contributed by atoms with E-state index in [9.17, 15) is 14.4 Å². The molecule has 20 heavy (non-hydrogen) atoms. The molecular formula is C13H11N3O4. The van der Waals surface area contributed by atoms with Gasteiger partial charge in [0.2, 0.25) is 11.8 Å². The van der Waals surface area contributed by atoms with Crippen LogP contribution in [0.2, 0.25) is 0 Å². The molecule has 2 heterocycles. The summed E-state index contributed by atoms with van der Waals surface area (Å²) in [6, 6.07) is 4.63. The number of rotatable bonds is 1. The highest BCUT2D eigenvalue weighted by atomic mass is 16.7. The maximum Gasteiger partial charge on any atom is 0.297 e. The van der Waals surface area contributed by atoms with Gasteiger partial charge >= 0.3 is 0 Å². The maximum atomic E-state index is 12.1. The molecule has 1 aromatic carbocycles. The fourth-order valence-electron chi connectivity index (χ4n) is 2.19. The van der Waals surface area contributed by atoms with E-state index in [4.69, 9.17) is 10.6 Å². The number of nitrogens with zero attached hydrogens (tertiary/aromatic N) is 2. The molecule has 0 aliphatic carbocycles. The highest BCUT2D eigenvalue weighted by Crippen LogP contribution is 2.28. The van der Waals surface area contributed by atoms with Crippen molar-refractivity contribution in [1.29, 1.82) is 0 Å². The average molecular weight is 273 g/mol. The summed E-state index contributed by atoms with van der Waals surface area (Å²) < 4.78 is 0. The Hall–Kier alpha value is -2.70. The molecule has 0 fully saturated rings. The van der Waals surface area contributed by atoms with Crippen LogP contribution in [-0.4, -0.2) is 28.7 Å². The van der Waals surface area contributed by atoms with Gasteiger partial charge in [0.1, 0.15) is 0 Å². The van der Waals surface area contributed by atoms with Crippen molar-refractivity contribution in [2.75, 3.05) is 5.73 Å². The second kappa shape index (κ2) is 4.44. The summed E-state index contributed by atoms with van der Waals surface area (Å²) in [5.74, 6) is -1.47. The molecule has 0 saturated carbocycles. The third-order valence-electron chi connectivity index (χ3n) is 3.14. The van der Waals surface area contributed by atoms with Crippen LogP contribution >= 0.6 is 0 Å². The molecule has 2 aliphatic heterocycles. The number of anilines is 1. The van der Waals surface area contributed by atoms with Crippen LogP contribution in [0, 0.1) is 0 Å². The Balaban J connectivity index is 1.91. The van der Waals surface area contributed by atoms with Crippen LogP contribution in [-0.2, 0) is 9.63 Å². The van der Waals surface area contributed by atoms with Crippen molar-refractivity contribution >= 4 is 29.3 Å². The minimum absolute atomic E-state index is 0.0781. The van der Waals surface area contributed by atoms with Crippen LogP contribution in [0.25, 0.3) is 0 Å². The van der Waals surface area contributed by atoms with Crippen LogP contribution in [0.5, 0.6) is 0 Å². The zero-order chi connectivity index (χ0) is 14.3. The normalized spacial score (nSPS) is 18.1. The maximum absolute atomic E-state index is 12.1. The van der Waals surface area contributed by atoms with Crippen molar-refractivity contribution in [3.8, 4) is 0 Å². The molecule has 7 heteroatoms. The molecule has 102 valence electrons. The van der Waals surface area contributed by atoms with Crippen LogP contribution in [0.1, 0.15) is 40.0 Å². The summed E-state index contributed by atoms with van der Waals surface area (Å²) in [5, 5.41) is 0.610. The van der Waals surface area contributed by atoms with E-state index in [1.807, 2.05) is 0 Å². The van der Waals surface area contributed by atoms with E-state index in [0.29, 0.717) is 24.3 Å². The third kappa shape index (κ3) is 1.83. The first kappa shape index (κ1) is 12.3. The molecule has 0 saturated heterocycles. The van der Waals surface area contributed by atoms with Gasteiger partial charge in [-0.15, -0.1) is 0 Å². The van der Waals surface area contributed by atoms with E-state index < -0.39 is 11.8 Å². The smallest absolute Gasteiger partial charge is 0.297 e. The zero-order valence-corrected chi connectivity index (χ0v) is 10.5. The van der Waals surface area contributed by atoms with Crippen LogP contribution in [0.4, 0.5) is 5.69 Å². The molecule has 0 radical (unpaired) electrons. The second-order valence-electron chi connectivity index (χ2n) is 4.52. The Kier molecular flexibility index (Phi) is 2.74. The lowest BCUT2D eigenvalue weighted by molar-refractivity contribution is -0.118.